The van der Waals surface area contributed by atoms with Gasteiger partial charge in [0.15, 0.2) is 0 Å². The Hall–Kier alpha value is -4.23. The van der Waals surface area contributed by atoms with E-state index in [1.165, 1.54) is 6.21 Å². The van der Waals surface area contributed by atoms with E-state index in [9.17, 15) is 9.59 Å². The molecule has 7 heteroatoms. The predicted octanol–water partition coefficient (Wildman–Crippen LogP) is 5.51. The van der Waals surface area contributed by atoms with Crippen molar-refractivity contribution in [2.75, 3.05) is 0 Å². The Balaban J connectivity index is 1.59. The van der Waals surface area contributed by atoms with Gasteiger partial charge in [0.05, 0.1) is 11.1 Å². The van der Waals surface area contributed by atoms with Gasteiger partial charge in [-0.2, -0.15) is 0 Å². The average Bonchev–Trinajstić information content (AvgIpc) is 3.51. The first-order valence-electron chi connectivity index (χ1n) is 11.5. The van der Waals surface area contributed by atoms with Gasteiger partial charge < -0.3 is 14.5 Å². The standard InChI is InChI=1S/C29H21BrN4O2/c1-33-15-21(19-6-2-4-8-24(19)33)26-27(29(36)32-28(26)35)22-16-34(25-9-5-3-7-20(22)25)14-18-12-17(13-31)10-11-23(18)30/h2-13,15-16,31H,14H2,1H3,(H,32,35,36). The number of aromatic nitrogens is 2. The number of hydrogen-bond donors (Lipinski definition) is 2. The summed E-state index contributed by atoms with van der Waals surface area (Å²) in [5.74, 6) is -0.776. The number of amides is 2. The molecule has 0 atom stereocenters. The smallest absolute Gasteiger partial charge is 0.259 e. The van der Waals surface area contributed by atoms with Crippen LogP contribution in [0, 0.1) is 5.41 Å². The molecule has 0 saturated carbocycles. The van der Waals surface area contributed by atoms with Gasteiger partial charge in [-0.3, -0.25) is 14.9 Å². The van der Waals surface area contributed by atoms with Crippen LogP contribution in [0.15, 0.2) is 83.6 Å². The molecule has 2 N–H and O–H groups in total. The lowest BCUT2D eigenvalue weighted by Gasteiger charge is -2.09. The zero-order valence-corrected chi connectivity index (χ0v) is 21.0. The molecule has 1 aliphatic rings. The van der Waals surface area contributed by atoms with Crippen LogP contribution in [0.4, 0.5) is 0 Å². The van der Waals surface area contributed by atoms with Crippen LogP contribution in [-0.2, 0) is 23.2 Å². The summed E-state index contributed by atoms with van der Waals surface area (Å²) in [5.41, 5.74) is 6.01. The molecular weight excluding hydrogens is 516 g/mol. The van der Waals surface area contributed by atoms with Crippen molar-refractivity contribution in [3.05, 3.63) is 106 Å². The number of rotatable bonds is 5. The Bertz CT molecular complexity index is 1770. The summed E-state index contributed by atoms with van der Waals surface area (Å²) in [4.78, 5) is 26.4. The van der Waals surface area contributed by atoms with E-state index < -0.39 is 5.91 Å². The topological polar surface area (TPSA) is 79.9 Å². The number of nitrogens with one attached hydrogen (secondary N) is 2. The molecule has 0 radical (unpaired) electrons. The molecule has 3 heterocycles. The molecule has 1 aliphatic heterocycles. The SMILES string of the molecule is Cn1cc(C2=C(c3cn(Cc4cc(C=N)ccc4Br)c4ccccc34)C(=O)NC2=O)c2ccccc21. The van der Waals surface area contributed by atoms with Crippen LogP contribution in [-0.4, -0.2) is 27.2 Å². The van der Waals surface area contributed by atoms with Crippen molar-refractivity contribution >= 4 is 66.9 Å². The van der Waals surface area contributed by atoms with Gasteiger partial charge in [0.1, 0.15) is 0 Å². The predicted molar refractivity (Wildman–Crippen MR) is 146 cm³/mol. The highest BCUT2D eigenvalue weighted by Gasteiger charge is 2.35. The van der Waals surface area contributed by atoms with Gasteiger partial charge in [-0.25, -0.2) is 0 Å². The maximum Gasteiger partial charge on any atom is 0.259 e. The molecule has 6 nitrogen and oxygen atoms in total. The quantitative estimate of drug-likeness (QED) is 0.229. The zero-order chi connectivity index (χ0) is 25.0. The molecule has 6 rings (SSSR count). The molecule has 2 amide bonds. The number of nitrogens with zero attached hydrogens (tertiary/aromatic N) is 2. The lowest BCUT2D eigenvalue weighted by atomic mass is 9.95. The van der Waals surface area contributed by atoms with E-state index in [1.54, 1.807) is 0 Å². The van der Waals surface area contributed by atoms with E-state index in [0.717, 1.165) is 48.5 Å². The Morgan fingerprint density at radius 1 is 0.861 bits per heavy atom. The molecule has 0 aliphatic carbocycles. The largest absolute Gasteiger partial charge is 0.350 e. The second kappa shape index (κ2) is 8.46. The molecule has 36 heavy (non-hydrogen) atoms. The van der Waals surface area contributed by atoms with E-state index in [2.05, 4.69) is 25.8 Å². The van der Waals surface area contributed by atoms with Crippen molar-refractivity contribution in [1.82, 2.24) is 14.5 Å². The minimum atomic E-state index is -0.391. The Morgan fingerprint density at radius 3 is 2.17 bits per heavy atom. The number of carbonyl (C=O) groups is 2. The third-order valence-electron chi connectivity index (χ3n) is 6.73. The molecule has 0 bridgehead atoms. The van der Waals surface area contributed by atoms with E-state index in [4.69, 9.17) is 5.41 Å². The molecule has 0 unspecified atom stereocenters. The normalized spacial score (nSPS) is 13.7. The van der Waals surface area contributed by atoms with Crippen molar-refractivity contribution in [3.8, 4) is 0 Å². The van der Waals surface area contributed by atoms with Crippen LogP contribution in [0.1, 0.15) is 22.3 Å². The van der Waals surface area contributed by atoms with Gasteiger partial charge in [0.2, 0.25) is 0 Å². The van der Waals surface area contributed by atoms with Crippen LogP contribution in [0.5, 0.6) is 0 Å². The molecule has 0 fully saturated rings. The van der Waals surface area contributed by atoms with Crippen molar-refractivity contribution in [3.63, 3.8) is 0 Å². The molecular formula is C29H21BrN4O2. The maximum absolute atomic E-state index is 13.2. The maximum atomic E-state index is 13.2. The van der Waals surface area contributed by atoms with Gasteiger partial charge in [0, 0.05) is 69.6 Å². The lowest BCUT2D eigenvalue weighted by Crippen LogP contribution is -2.22. The molecule has 2 aromatic heterocycles. The molecule has 176 valence electrons. The van der Waals surface area contributed by atoms with Gasteiger partial charge in [-0.05, 0) is 35.4 Å². The monoisotopic (exact) mass is 536 g/mol. The van der Waals surface area contributed by atoms with Gasteiger partial charge in [-0.1, -0.05) is 58.4 Å². The summed E-state index contributed by atoms with van der Waals surface area (Å²) >= 11 is 3.63. The number of carbonyl (C=O) groups excluding carboxylic acids is 2. The van der Waals surface area contributed by atoms with Crippen molar-refractivity contribution in [1.29, 1.82) is 5.41 Å². The summed E-state index contributed by atoms with van der Waals surface area (Å²) in [6.45, 7) is 0.537. The summed E-state index contributed by atoms with van der Waals surface area (Å²) in [5, 5.41) is 12.0. The van der Waals surface area contributed by atoms with E-state index in [-0.39, 0.29) is 5.91 Å². The third-order valence-corrected chi connectivity index (χ3v) is 7.51. The van der Waals surface area contributed by atoms with Crippen LogP contribution >= 0.6 is 15.9 Å². The summed E-state index contributed by atoms with van der Waals surface area (Å²) in [7, 11) is 1.94. The Labute approximate surface area is 215 Å². The van der Waals surface area contributed by atoms with E-state index in [1.807, 2.05) is 90.7 Å². The van der Waals surface area contributed by atoms with Gasteiger partial charge in [0.25, 0.3) is 11.8 Å². The molecule has 3 aromatic carbocycles. The zero-order valence-electron chi connectivity index (χ0n) is 19.4. The first-order chi connectivity index (χ1) is 17.5. The van der Waals surface area contributed by atoms with Crippen molar-refractivity contribution in [2.24, 2.45) is 7.05 Å². The van der Waals surface area contributed by atoms with Crippen molar-refractivity contribution < 1.29 is 9.59 Å². The third kappa shape index (κ3) is 3.43. The number of hydrogen-bond acceptors (Lipinski definition) is 3. The highest BCUT2D eigenvalue weighted by atomic mass is 79.9. The first kappa shape index (κ1) is 22.2. The molecule has 0 saturated heterocycles. The second-order valence-corrected chi connectivity index (χ2v) is 9.74. The van der Waals surface area contributed by atoms with E-state index >= 15 is 0 Å². The first-order valence-corrected chi connectivity index (χ1v) is 12.3. The number of imide groups is 1. The fourth-order valence-electron chi connectivity index (χ4n) is 5.08. The highest BCUT2D eigenvalue weighted by Crippen LogP contribution is 2.39. The number of fused-ring (bicyclic) bond motifs is 2. The fourth-order valence-corrected chi connectivity index (χ4v) is 5.45. The van der Waals surface area contributed by atoms with Gasteiger partial charge in [-0.15, -0.1) is 0 Å². The molecule has 0 spiro atoms. The van der Waals surface area contributed by atoms with Crippen LogP contribution in [0.25, 0.3) is 33.0 Å². The summed E-state index contributed by atoms with van der Waals surface area (Å²) < 4.78 is 5.00. The minimum Gasteiger partial charge on any atom is -0.350 e. The number of halogens is 1. The highest BCUT2D eigenvalue weighted by molar-refractivity contribution is 9.10. The van der Waals surface area contributed by atoms with E-state index in [0.29, 0.717) is 17.7 Å². The number of para-hydroxylation sites is 2. The van der Waals surface area contributed by atoms with Crippen LogP contribution in [0.3, 0.4) is 0 Å². The number of benzene rings is 3. The summed E-state index contributed by atoms with van der Waals surface area (Å²) in [6.07, 6.45) is 5.19. The minimum absolute atomic E-state index is 0.385. The lowest BCUT2D eigenvalue weighted by molar-refractivity contribution is -0.122. The Kier molecular flexibility index (Phi) is 5.23. The number of aryl methyl sites for hydroxylation is 1. The Morgan fingerprint density at radius 2 is 1.47 bits per heavy atom. The van der Waals surface area contributed by atoms with Crippen LogP contribution in [0.2, 0.25) is 0 Å². The fraction of sp³-hybridized carbons (Fsp3) is 0.0690. The average molecular weight is 537 g/mol. The molecule has 5 aromatic rings. The van der Waals surface area contributed by atoms with Gasteiger partial charge >= 0.3 is 0 Å². The van der Waals surface area contributed by atoms with Crippen molar-refractivity contribution in [2.45, 2.75) is 6.54 Å². The summed E-state index contributed by atoms with van der Waals surface area (Å²) in [6, 6.07) is 21.6. The van der Waals surface area contributed by atoms with Crippen LogP contribution < -0.4 is 5.32 Å². The second-order valence-electron chi connectivity index (χ2n) is 8.89.